The van der Waals surface area contributed by atoms with Gasteiger partial charge in [-0.2, -0.15) is 5.26 Å². The van der Waals surface area contributed by atoms with Crippen LogP contribution >= 0.6 is 24.2 Å². The minimum Gasteiger partial charge on any atom is -0.230 e. The molecule has 50 valence electrons. The van der Waals surface area contributed by atoms with Crippen molar-refractivity contribution in [3.05, 3.63) is 16.9 Å². The second-order valence-corrected chi connectivity index (χ2v) is 2.24. The standard InChI is InChI=1S/C5H2ClN3S/c6-4-3(1-7)2-8-5(10)9-4/h2H,(H,8,9,10). The van der Waals surface area contributed by atoms with E-state index in [-0.39, 0.29) is 15.9 Å². The molecule has 3 nitrogen and oxygen atoms in total. The van der Waals surface area contributed by atoms with Gasteiger partial charge in [-0.15, -0.1) is 12.6 Å². The molecule has 0 spiro atoms. The highest BCUT2D eigenvalue weighted by molar-refractivity contribution is 7.80. The van der Waals surface area contributed by atoms with Crippen molar-refractivity contribution in [1.29, 1.82) is 5.26 Å². The van der Waals surface area contributed by atoms with Gasteiger partial charge in [-0.05, 0) is 0 Å². The van der Waals surface area contributed by atoms with E-state index in [0.717, 1.165) is 0 Å². The second-order valence-electron chi connectivity index (χ2n) is 1.49. The molecule has 0 aliphatic carbocycles. The molecular formula is C5H2ClN3S. The lowest BCUT2D eigenvalue weighted by Gasteiger charge is -1.91. The number of thiol groups is 1. The SMILES string of the molecule is N#Cc1cnc(S)nc1Cl. The highest BCUT2D eigenvalue weighted by Crippen LogP contribution is 2.11. The number of aromatic nitrogens is 2. The van der Waals surface area contributed by atoms with Gasteiger partial charge in [0.15, 0.2) is 10.3 Å². The summed E-state index contributed by atoms with van der Waals surface area (Å²) in [5.41, 5.74) is 0.263. The zero-order chi connectivity index (χ0) is 7.56. The Labute approximate surface area is 68.1 Å². The Morgan fingerprint density at radius 3 is 2.90 bits per heavy atom. The van der Waals surface area contributed by atoms with Gasteiger partial charge in [0.2, 0.25) is 0 Å². The first kappa shape index (κ1) is 7.32. The summed E-state index contributed by atoms with van der Waals surface area (Å²) in [6, 6.07) is 1.83. The van der Waals surface area contributed by atoms with E-state index in [1.54, 1.807) is 0 Å². The Balaban J connectivity index is 3.23. The van der Waals surface area contributed by atoms with Crippen molar-refractivity contribution in [1.82, 2.24) is 9.97 Å². The second kappa shape index (κ2) is 2.86. The third kappa shape index (κ3) is 1.38. The number of nitrogens with zero attached hydrogens (tertiary/aromatic N) is 3. The molecule has 1 aromatic rings. The Kier molecular flexibility index (Phi) is 2.10. The van der Waals surface area contributed by atoms with Gasteiger partial charge in [-0.25, -0.2) is 9.97 Å². The van der Waals surface area contributed by atoms with E-state index in [9.17, 15) is 0 Å². The number of hydrogen-bond donors (Lipinski definition) is 1. The molecule has 0 aliphatic rings. The maximum Gasteiger partial charge on any atom is 0.185 e. The number of rotatable bonds is 0. The molecule has 10 heavy (non-hydrogen) atoms. The number of halogens is 1. The Morgan fingerprint density at radius 1 is 1.70 bits per heavy atom. The topological polar surface area (TPSA) is 49.6 Å². The molecule has 0 bridgehead atoms. The number of nitriles is 1. The highest BCUT2D eigenvalue weighted by atomic mass is 35.5. The van der Waals surface area contributed by atoms with E-state index in [4.69, 9.17) is 16.9 Å². The quantitative estimate of drug-likeness (QED) is 0.364. The zero-order valence-corrected chi connectivity index (χ0v) is 6.39. The molecule has 0 saturated heterocycles. The molecule has 1 aromatic heterocycles. The van der Waals surface area contributed by atoms with Crippen LogP contribution in [-0.2, 0) is 0 Å². The summed E-state index contributed by atoms with van der Waals surface area (Å²) >= 11 is 9.33. The fourth-order valence-corrected chi connectivity index (χ4v) is 0.815. The van der Waals surface area contributed by atoms with Crippen LogP contribution < -0.4 is 0 Å². The molecule has 0 saturated carbocycles. The molecule has 0 aromatic carbocycles. The van der Waals surface area contributed by atoms with Gasteiger partial charge < -0.3 is 0 Å². The van der Waals surface area contributed by atoms with Gasteiger partial charge in [0.25, 0.3) is 0 Å². The molecule has 0 N–H and O–H groups in total. The third-order valence-electron chi connectivity index (χ3n) is 0.850. The molecule has 5 heteroatoms. The highest BCUT2D eigenvalue weighted by Gasteiger charge is 1.99. The molecular weight excluding hydrogens is 170 g/mol. The average Bonchev–Trinajstić information content (AvgIpc) is 1.88. The van der Waals surface area contributed by atoms with Crippen molar-refractivity contribution < 1.29 is 0 Å². The Hall–Kier alpha value is -0.790. The molecule has 1 rings (SSSR count). The van der Waals surface area contributed by atoms with Gasteiger partial charge in [0, 0.05) is 0 Å². The predicted molar refractivity (Wildman–Crippen MR) is 39.0 cm³/mol. The minimum atomic E-state index is 0.141. The summed E-state index contributed by atoms with van der Waals surface area (Å²) in [5, 5.41) is 8.78. The Morgan fingerprint density at radius 2 is 2.40 bits per heavy atom. The van der Waals surface area contributed by atoms with Crippen LogP contribution in [0.4, 0.5) is 0 Å². The van der Waals surface area contributed by atoms with E-state index in [1.807, 2.05) is 6.07 Å². The van der Waals surface area contributed by atoms with Crippen LogP contribution in [0, 0.1) is 11.3 Å². The first-order valence-electron chi connectivity index (χ1n) is 2.35. The van der Waals surface area contributed by atoms with Crippen molar-refractivity contribution in [2.45, 2.75) is 5.16 Å². The van der Waals surface area contributed by atoms with E-state index < -0.39 is 0 Å². The van der Waals surface area contributed by atoms with Gasteiger partial charge in [0.05, 0.1) is 6.20 Å². The van der Waals surface area contributed by atoms with Crippen molar-refractivity contribution in [2.75, 3.05) is 0 Å². The van der Waals surface area contributed by atoms with Crippen LogP contribution in [0.5, 0.6) is 0 Å². The predicted octanol–water partition coefficient (Wildman–Crippen LogP) is 1.29. The van der Waals surface area contributed by atoms with E-state index in [1.165, 1.54) is 6.20 Å². The van der Waals surface area contributed by atoms with Crippen LogP contribution in [0.3, 0.4) is 0 Å². The summed E-state index contributed by atoms with van der Waals surface area (Å²) in [7, 11) is 0. The number of hydrogen-bond acceptors (Lipinski definition) is 4. The lowest BCUT2D eigenvalue weighted by molar-refractivity contribution is 0.968. The maximum absolute atomic E-state index is 8.37. The van der Waals surface area contributed by atoms with Crippen LogP contribution in [0.2, 0.25) is 5.15 Å². The van der Waals surface area contributed by atoms with Crippen LogP contribution in [0.25, 0.3) is 0 Å². The summed E-state index contributed by atoms with van der Waals surface area (Å²) < 4.78 is 0. The molecule has 0 aliphatic heterocycles. The van der Waals surface area contributed by atoms with Crippen molar-refractivity contribution >= 4 is 24.2 Å². The van der Waals surface area contributed by atoms with Gasteiger partial charge >= 0.3 is 0 Å². The van der Waals surface area contributed by atoms with E-state index >= 15 is 0 Å². The molecule has 0 atom stereocenters. The average molecular weight is 172 g/mol. The first-order chi connectivity index (χ1) is 4.74. The normalized spacial score (nSPS) is 8.90. The van der Waals surface area contributed by atoms with E-state index in [2.05, 4.69) is 22.6 Å². The minimum absolute atomic E-state index is 0.141. The molecule has 0 amide bonds. The van der Waals surface area contributed by atoms with Gasteiger partial charge in [-0.3, -0.25) is 0 Å². The third-order valence-corrected chi connectivity index (χ3v) is 1.35. The lowest BCUT2D eigenvalue weighted by Crippen LogP contribution is -1.86. The zero-order valence-electron chi connectivity index (χ0n) is 4.74. The lowest BCUT2D eigenvalue weighted by atomic mass is 10.4. The van der Waals surface area contributed by atoms with Crippen LogP contribution in [-0.4, -0.2) is 9.97 Å². The summed E-state index contributed by atoms with van der Waals surface area (Å²) in [4.78, 5) is 7.30. The fourth-order valence-electron chi connectivity index (χ4n) is 0.427. The monoisotopic (exact) mass is 171 g/mol. The smallest absolute Gasteiger partial charge is 0.185 e. The van der Waals surface area contributed by atoms with Gasteiger partial charge in [0.1, 0.15) is 11.6 Å². The molecule has 0 radical (unpaired) electrons. The molecule has 0 unspecified atom stereocenters. The van der Waals surface area contributed by atoms with Crippen LogP contribution in [0.1, 0.15) is 5.56 Å². The molecule has 1 heterocycles. The fraction of sp³-hybridized carbons (Fsp3) is 0. The van der Waals surface area contributed by atoms with Crippen LogP contribution in [0.15, 0.2) is 11.4 Å². The van der Waals surface area contributed by atoms with Crippen molar-refractivity contribution in [3.63, 3.8) is 0 Å². The van der Waals surface area contributed by atoms with E-state index in [0.29, 0.717) is 0 Å². The molecule has 0 fully saturated rings. The largest absolute Gasteiger partial charge is 0.230 e. The van der Waals surface area contributed by atoms with Crippen molar-refractivity contribution in [3.8, 4) is 6.07 Å². The maximum atomic E-state index is 8.37. The summed E-state index contributed by atoms with van der Waals surface area (Å²) in [6.07, 6.45) is 1.33. The van der Waals surface area contributed by atoms with Crippen molar-refractivity contribution in [2.24, 2.45) is 0 Å². The summed E-state index contributed by atoms with van der Waals surface area (Å²) in [5.74, 6) is 0. The first-order valence-corrected chi connectivity index (χ1v) is 3.18. The van der Waals surface area contributed by atoms with Gasteiger partial charge in [-0.1, -0.05) is 11.6 Å². The Bertz CT molecular complexity index is 293. The summed E-state index contributed by atoms with van der Waals surface area (Å²) in [6.45, 7) is 0.